The lowest BCUT2D eigenvalue weighted by Crippen LogP contribution is -2.35. The molecule has 0 amide bonds. The standard InChI is InChI=1S/C14H13NO6S/c1-2-7-15(9-13(16)17)22(19,20)11-4-5-12-10(8-11)3-6-14(18)21-12/h2-6,8H,1,7,9H2,(H,16,17). The highest BCUT2D eigenvalue weighted by Crippen LogP contribution is 2.21. The van der Waals surface area contributed by atoms with Gasteiger partial charge in [0.05, 0.1) is 4.90 Å². The van der Waals surface area contributed by atoms with Gasteiger partial charge in [0, 0.05) is 18.0 Å². The number of fused-ring (bicyclic) bond motifs is 1. The highest BCUT2D eigenvalue weighted by Gasteiger charge is 2.25. The summed E-state index contributed by atoms with van der Waals surface area (Å²) in [4.78, 5) is 21.8. The normalized spacial score (nSPS) is 11.7. The average molecular weight is 323 g/mol. The lowest BCUT2D eigenvalue weighted by molar-refractivity contribution is -0.137. The first-order chi connectivity index (χ1) is 10.3. The molecule has 1 N–H and O–H groups in total. The molecule has 8 heteroatoms. The Morgan fingerprint density at radius 1 is 1.32 bits per heavy atom. The van der Waals surface area contributed by atoms with E-state index in [2.05, 4.69) is 6.58 Å². The van der Waals surface area contributed by atoms with E-state index in [1.165, 1.54) is 36.4 Å². The minimum Gasteiger partial charge on any atom is -0.480 e. The fourth-order valence-electron chi connectivity index (χ4n) is 1.90. The molecule has 116 valence electrons. The van der Waals surface area contributed by atoms with E-state index in [9.17, 15) is 18.0 Å². The van der Waals surface area contributed by atoms with Gasteiger partial charge in [-0.25, -0.2) is 13.2 Å². The second kappa shape index (κ2) is 6.12. The molecule has 2 aromatic rings. The zero-order valence-electron chi connectivity index (χ0n) is 11.4. The third-order valence-electron chi connectivity index (χ3n) is 2.87. The van der Waals surface area contributed by atoms with Gasteiger partial charge >= 0.3 is 11.6 Å². The van der Waals surface area contributed by atoms with Gasteiger partial charge in [0.1, 0.15) is 12.1 Å². The summed E-state index contributed by atoms with van der Waals surface area (Å²) < 4.78 is 30.7. The molecule has 0 saturated heterocycles. The average Bonchev–Trinajstić information content (AvgIpc) is 2.45. The molecule has 0 unspecified atom stereocenters. The van der Waals surface area contributed by atoms with Crippen molar-refractivity contribution in [2.75, 3.05) is 13.1 Å². The van der Waals surface area contributed by atoms with Crippen LogP contribution in [0.4, 0.5) is 0 Å². The molecule has 0 fully saturated rings. The molecule has 2 rings (SSSR count). The van der Waals surface area contributed by atoms with Gasteiger partial charge in [0.25, 0.3) is 0 Å². The Hall–Kier alpha value is -2.45. The van der Waals surface area contributed by atoms with Crippen molar-refractivity contribution >= 4 is 27.0 Å². The van der Waals surface area contributed by atoms with Crippen LogP contribution < -0.4 is 5.63 Å². The number of sulfonamides is 1. The van der Waals surface area contributed by atoms with E-state index in [-0.39, 0.29) is 17.0 Å². The zero-order chi connectivity index (χ0) is 16.3. The predicted octanol–water partition coefficient (Wildman–Crippen LogP) is 1.05. The summed E-state index contributed by atoms with van der Waals surface area (Å²) in [5.74, 6) is -1.27. The van der Waals surface area contributed by atoms with Crippen LogP contribution in [0.3, 0.4) is 0 Å². The molecule has 0 aliphatic heterocycles. The molecule has 1 heterocycles. The number of carbonyl (C=O) groups is 1. The van der Waals surface area contributed by atoms with Crippen molar-refractivity contribution in [3.8, 4) is 0 Å². The van der Waals surface area contributed by atoms with Gasteiger partial charge < -0.3 is 9.52 Å². The Kier molecular flexibility index (Phi) is 4.43. The Morgan fingerprint density at radius 2 is 2.05 bits per heavy atom. The number of carboxylic acids is 1. The lowest BCUT2D eigenvalue weighted by atomic mass is 10.2. The van der Waals surface area contributed by atoms with Crippen molar-refractivity contribution in [2.24, 2.45) is 0 Å². The van der Waals surface area contributed by atoms with Crippen LogP contribution in [0.25, 0.3) is 11.0 Å². The number of aliphatic carboxylic acids is 1. The minimum absolute atomic E-state index is 0.0862. The molecule has 0 spiro atoms. The summed E-state index contributed by atoms with van der Waals surface area (Å²) in [7, 11) is -4.00. The monoisotopic (exact) mass is 323 g/mol. The number of hydrogen-bond donors (Lipinski definition) is 1. The van der Waals surface area contributed by atoms with Crippen LogP contribution in [-0.4, -0.2) is 36.9 Å². The van der Waals surface area contributed by atoms with Crippen LogP contribution in [0.5, 0.6) is 0 Å². The van der Waals surface area contributed by atoms with Gasteiger partial charge in [-0.1, -0.05) is 6.08 Å². The van der Waals surface area contributed by atoms with Gasteiger partial charge in [-0.05, 0) is 24.3 Å². The number of carboxylic acid groups (broad SMARTS) is 1. The van der Waals surface area contributed by atoms with Crippen molar-refractivity contribution < 1.29 is 22.7 Å². The first kappa shape index (κ1) is 15.9. The Bertz CT molecular complexity index is 884. The summed E-state index contributed by atoms with van der Waals surface area (Å²) in [6.07, 6.45) is 1.31. The smallest absolute Gasteiger partial charge is 0.336 e. The quantitative estimate of drug-likeness (QED) is 0.629. The van der Waals surface area contributed by atoms with Crippen molar-refractivity contribution in [1.29, 1.82) is 0 Å². The highest BCUT2D eigenvalue weighted by molar-refractivity contribution is 7.89. The van der Waals surface area contributed by atoms with Gasteiger partial charge in [0.2, 0.25) is 10.0 Å². The molecule has 22 heavy (non-hydrogen) atoms. The van der Waals surface area contributed by atoms with E-state index in [4.69, 9.17) is 9.52 Å². The number of hydrogen-bond acceptors (Lipinski definition) is 5. The maximum atomic E-state index is 12.5. The maximum Gasteiger partial charge on any atom is 0.336 e. The van der Waals surface area contributed by atoms with Crippen molar-refractivity contribution in [3.05, 3.63) is 53.4 Å². The highest BCUT2D eigenvalue weighted by atomic mass is 32.2. The van der Waals surface area contributed by atoms with Gasteiger partial charge in [-0.2, -0.15) is 4.31 Å². The van der Waals surface area contributed by atoms with E-state index in [0.717, 1.165) is 4.31 Å². The van der Waals surface area contributed by atoms with Crippen molar-refractivity contribution in [2.45, 2.75) is 4.90 Å². The molecule has 1 aromatic heterocycles. The molecule has 0 aliphatic carbocycles. The van der Waals surface area contributed by atoms with Gasteiger partial charge in [-0.3, -0.25) is 4.79 Å². The Labute approximate surface area is 126 Å². The first-order valence-electron chi connectivity index (χ1n) is 6.21. The maximum absolute atomic E-state index is 12.5. The van der Waals surface area contributed by atoms with Crippen LogP contribution >= 0.6 is 0 Å². The van der Waals surface area contributed by atoms with Crippen LogP contribution in [0.2, 0.25) is 0 Å². The van der Waals surface area contributed by atoms with Crippen molar-refractivity contribution in [1.82, 2.24) is 4.31 Å². The fourth-order valence-corrected chi connectivity index (χ4v) is 3.30. The molecule has 7 nitrogen and oxygen atoms in total. The summed E-state index contributed by atoms with van der Waals surface area (Å²) in [5, 5.41) is 9.26. The second-order valence-electron chi connectivity index (χ2n) is 4.43. The Balaban J connectivity index is 2.51. The van der Waals surface area contributed by atoms with Crippen molar-refractivity contribution in [3.63, 3.8) is 0 Å². The minimum atomic E-state index is -4.00. The SMILES string of the molecule is C=CCN(CC(=O)O)S(=O)(=O)c1ccc2oc(=O)ccc2c1. The molecule has 0 saturated carbocycles. The molecule has 0 aliphatic rings. The van der Waals surface area contributed by atoms with E-state index in [1.54, 1.807) is 0 Å². The summed E-state index contributed by atoms with van der Waals surface area (Å²) >= 11 is 0. The molecule has 0 radical (unpaired) electrons. The van der Waals surface area contributed by atoms with Crippen LogP contribution in [0, 0.1) is 0 Å². The molecular formula is C14H13NO6S. The lowest BCUT2D eigenvalue weighted by Gasteiger charge is -2.18. The summed E-state index contributed by atoms with van der Waals surface area (Å²) in [5.41, 5.74) is -0.290. The summed E-state index contributed by atoms with van der Waals surface area (Å²) in [6.45, 7) is 2.63. The third-order valence-corrected chi connectivity index (χ3v) is 4.68. The van der Waals surface area contributed by atoms with E-state index >= 15 is 0 Å². The number of nitrogens with zero attached hydrogens (tertiary/aromatic N) is 1. The summed E-state index contributed by atoms with van der Waals surface area (Å²) in [6, 6.07) is 6.56. The largest absolute Gasteiger partial charge is 0.480 e. The molecular weight excluding hydrogens is 310 g/mol. The van der Waals surface area contributed by atoms with Gasteiger partial charge in [0.15, 0.2) is 0 Å². The zero-order valence-corrected chi connectivity index (χ0v) is 12.2. The predicted molar refractivity (Wildman–Crippen MR) is 79.1 cm³/mol. The van der Waals surface area contributed by atoms with E-state index < -0.39 is 28.2 Å². The molecule has 0 bridgehead atoms. The fraction of sp³-hybridized carbons (Fsp3) is 0.143. The first-order valence-corrected chi connectivity index (χ1v) is 7.65. The second-order valence-corrected chi connectivity index (χ2v) is 6.37. The topological polar surface area (TPSA) is 105 Å². The van der Waals surface area contributed by atoms with E-state index in [0.29, 0.717) is 5.39 Å². The third kappa shape index (κ3) is 3.23. The van der Waals surface area contributed by atoms with Crippen LogP contribution in [-0.2, 0) is 14.8 Å². The molecule has 1 aromatic carbocycles. The van der Waals surface area contributed by atoms with Gasteiger partial charge in [-0.15, -0.1) is 6.58 Å². The number of rotatable bonds is 6. The number of benzene rings is 1. The van der Waals surface area contributed by atoms with E-state index in [1.807, 2.05) is 0 Å². The van der Waals surface area contributed by atoms with Crippen LogP contribution in [0.15, 0.2) is 57.1 Å². The van der Waals surface area contributed by atoms with Crippen LogP contribution in [0.1, 0.15) is 0 Å². The molecule has 0 atom stereocenters. The Morgan fingerprint density at radius 3 is 2.68 bits per heavy atom.